The van der Waals surface area contributed by atoms with Gasteiger partial charge in [0.05, 0.1) is 14.2 Å². The summed E-state index contributed by atoms with van der Waals surface area (Å²) >= 11 is 0. The van der Waals surface area contributed by atoms with Gasteiger partial charge in [-0.3, -0.25) is 9.59 Å². The Morgan fingerprint density at radius 1 is 1.29 bits per heavy atom. The monoisotopic (exact) mass is 293 g/mol. The van der Waals surface area contributed by atoms with Crippen molar-refractivity contribution in [1.82, 2.24) is 4.90 Å². The van der Waals surface area contributed by atoms with E-state index in [9.17, 15) is 9.59 Å². The van der Waals surface area contributed by atoms with Gasteiger partial charge in [-0.25, -0.2) is 0 Å². The predicted octanol–water partition coefficient (Wildman–Crippen LogP) is 1.64. The molecule has 1 N–H and O–H groups in total. The highest BCUT2D eigenvalue weighted by molar-refractivity contribution is 5.99. The Morgan fingerprint density at radius 3 is 2.43 bits per heavy atom. The maximum atomic E-state index is 12.7. The highest BCUT2D eigenvalue weighted by Gasteiger charge is 2.31. The fraction of sp³-hybridized carbons (Fsp3) is 0.467. The molecule has 1 aliphatic rings. The van der Waals surface area contributed by atoms with Crippen molar-refractivity contribution >= 4 is 11.9 Å². The van der Waals surface area contributed by atoms with Gasteiger partial charge in [-0.1, -0.05) is 6.07 Å². The number of rotatable bonds is 5. The van der Waals surface area contributed by atoms with Gasteiger partial charge in [0.25, 0.3) is 5.91 Å². The third-order valence-corrected chi connectivity index (χ3v) is 3.68. The van der Waals surface area contributed by atoms with Crippen LogP contribution >= 0.6 is 0 Å². The Bertz CT molecular complexity index is 521. The van der Waals surface area contributed by atoms with Gasteiger partial charge in [0.1, 0.15) is 17.1 Å². The van der Waals surface area contributed by atoms with Crippen molar-refractivity contribution in [1.29, 1.82) is 0 Å². The average molecular weight is 293 g/mol. The standard InChI is InChI=1S/C15H19NO5/c1-20-11-4-3-5-12(21-2)14(11)15(19)16-7-6-10(9-16)8-13(17)18/h3-5,10H,6-9H2,1-2H3,(H,17,18). The van der Waals surface area contributed by atoms with Crippen LogP contribution in [-0.4, -0.2) is 49.2 Å². The van der Waals surface area contributed by atoms with Crippen molar-refractivity contribution in [3.05, 3.63) is 23.8 Å². The van der Waals surface area contributed by atoms with Gasteiger partial charge in [-0.2, -0.15) is 0 Å². The Labute approximate surface area is 123 Å². The third-order valence-electron chi connectivity index (χ3n) is 3.68. The fourth-order valence-electron chi connectivity index (χ4n) is 2.65. The molecule has 1 aromatic rings. The van der Waals surface area contributed by atoms with E-state index in [1.54, 1.807) is 23.1 Å². The maximum absolute atomic E-state index is 12.7. The summed E-state index contributed by atoms with van der Waals surface area (Å²) in [6.07, 6.45) is 0.794. The zero-order valence-electron chi connectivity index (χ0n) is 12.2. The molecule has 1 heterocycles. The first-order valence-electron chi connectivity index (χ1n) is 6.78. The second-order valence-electron chi connectivity index (χ2n) is 5.04. The highest BCUT2D eigenvalue weighted by Crippen LogP contribution is 2.31. The summed E-state index contributed by atoms with van der Waals surface area (Å²) in [6.45, 7) is 1.00. The third kappa shape index (κ3) is 3.26. The van der Waals surface area contributed by atoms with E-state index in [0.29, 0.717) is 36.6 Å². The van der Waals surface area contributed by atoms with Crippen molar-refractivity contribution in [3.8, 4) is 11.5 Å². The number of carbonyl (C=O) groups is 2. The van der Waals surface area contributed by atoms with Crippen molar-refractivity contribution < 1.29 is 24.2 Å². The smallest absolute Gasteiger partial charge is 0.303 e. The van der Waals surface area contributed by atoms with Gasteiger partial charge in [-0.15, -0.1) is 0 Å². The number of ether oxygens (including phenoxy) is 2. The number of hydrogen-bond acceptors (Lipinski definition) is 4. The topological polar surface area (TPSA) is 76.1 Å². The zero-order valence-corrected chi connectivity index (χ0v) is 12.2. The minimum absolute atomic E-state index is 0.00662. The van der Waals surface area contributed by atoms with Crippen molar-refractivity contribution in [2.75, 3.05) is 27.3 Å². The summed E-state index contributed by atoms with van der Waals surface area (Å²) < 4.78 is 10.5. The maximum Gasteiger partial charge on any atom is 0.303 e. The molecule has 6 nitrogen and oxygen atoms in total. The lowest BCUT2D eigenvalue weighted by Crippen LogP contribution is -2.29. The molecule has 1 amide bonds. The Kier molecular flexibility index (Phi) is 4.67. The summed E-state index contributed by atoms with van der Waals surface area (Å²) in [5.41, 5.74) is 0.387. The van der Waals surface area contributed by atoms with Crippen molar-refractivity contribution in [2.45, 2.75) is 12.8 Å². The van der Waals surface area contributed by atoms with Crippen LogP contribution in [0, 0.1) is 5.92 Å². The first-order chi connectivity index (χ1) is 10.1. The van der Waals surface area contributed by atoms with Gasteiger partial charge >= 0.3 is 5.97 Å². The second kappa shape index (κ2) is 6.47. The molecule has 1 atom stereocenters. The lowest BCUT2D eigenvalue weighted by Gasteiger charge is -2.19. The van der Waals surface area contributed by atoms with E-state index in [1.165, 1.54) is 14.2 Å². The molecule has 0 radical (unpaired) electrons. The van der Waals surface area contributed by atoms with Crippen LogP contribution in [0.15, 0.2) is 18.2 Å². The van der Waals surface area contributed by atoms with Gasteiger partial charge in [0.2, 0.25) is 0 Å². The van der Waals surface area contributed by atoms with Crippen LogP contribution in [0.1, 0.15) is 23.2 Å². The van der Waals surface area contributed by atoms with E-state index in [-0.39, 0.29) is 18.2 Å². The number of aliphatic carboxylic acids is 1. The van der Waals surface area contributed by atoms with E-state index >= 15 is 0 Å². The number of carboxylic acids is 1. The molecule has 0 saturated carbocycles. The van der Waals surface area contributed by atoms with Crippen LogP contribution in [0.25, 0.3) is 0 Å². The molecular formula is C15H19NO5. The van der Waals surface area contributed by atoms with Crippen LogP contribution in [0.2, 0.25) is 0 Å². The molecule has 1 aromatic carbocycles. The summed E-state index contributed by atoms with van der Waals surface area (Å²) in [5.74, 6) is -0.0874. The van der Waals surface area contributed by atoms with Crippen LogP contribution in [0.5, 0.6) is 11.5 Å². The lowest BCUT2D eigenvalue weighted by atomic mass is 10.1. The summed E-state index contributed by atoms with van der Waals surface area (Å²) in [6, 6.07) is 5.17. The number of amides is 1. The molecule has 2 rings (SSSR count). The average Bonchev–Trinajstić information content (AvgIpc) is 2.93. The Morgan fingerprint density at radius 2 is 1.90 bits per heavy atom. The SMILES string of the molecule is COc1cccc(OC)c1C(=O)N1CCC(CC(=O)O)C1. The normalized spacial score (nSPS) is 17.6. The van der Waals surface area contributed by atoms with E-state index in [1.807, 2.05) is 0 Å². The Hall–Kier alpha value is -2.24. The molecule has 1 unspecified atom stereocenters. The van der Waals surface area contributed by atoms with Gasteiger partial charge < -0.3 is 19.5 Å². The zero-order chi connectivity index (χ0) is 15.4. The van der Waals surface area contributed by atoms with Gasteiger partial charge in [-0.05, 0) is 24.5 Å². The number of carbonyl (C=O) groups excluding carboxylic acids is 1. The van der Waals surface area contributed by atoms with E-state index < -0.39 is 5.97 Å². The van der Waals surface area contributed by atoms with Crippen molar-refractivity contribution in [2.24, 2.45) is 5.92 Å². The number of methoxy groups -OCH3 is 2. The molecule has 1 fully saturated rings. The largest absolute Gasteiger partial charge is 0.496 e. The number of nitrogens with zero attached hydrogens (tertiary/aromatic N) is 1. The van der Waals surface area contributed by atoms with Gasteiger partial charge in [0.15, 0.2) is 0 Å². The van der Waals surface area contributed by atoms with Crippen LogP contribution in [0.3, 0.4) is 0 Å². The molecule has 1 saturated heterocycles. The molecule has 0 aromatic heterocycles. The van der Waals surface area contributed by atoms with E-state index in [0.717, 1.165) is 0 Å². The fourth-order valence-corrected chi connectivity index (χ4v) is 2.65. The van der Waals surface area contributed by atoms with Crippen LogP contribution in [-0.2, 0) is 4.79 Å². The molecule has 0 bridgehead atoms. The minimum Gasteiger partial charge on any atom is -0.496 e. The first kappa shape index (κ1) is 15.2. The number of hydrogen-bond donors (Lipinski definition) is 1. The number of likely N-dealkylation sites (tertiary alicyclic amines) is 1. The van der Waals surface area contributed by atoms with Gasteiger partial charge in [0, 0.05) is 19.5 Å². The highest BCUT2D eigenvalue weighted by atomic mass is 16.5. The molecule has 6 heteroatoms. The molecule has 114 valence electrons. The molecular weight excluding hydrogens is 274 g/mol. The minimum atomic E-state index is -0.829. The summed E-state index contributed by atoms with van der Waals surface area (Å²) in [4.78, 5) is 25.1. The molecule has 1 aliphatic heterocycles. The summed E-state index contributed by atoms with van der Waals surface area (Å²) in [7, 11) is 3.01. The second-order valence-corrected chi connectivity index (χ2v) is 5.04. The number of carboxylic acid groups (broad SMARTS) is 1. The summed E-state index contributed by atoms with van der Waals surface area (Å²) in [5, 5.41) is 8.84. The quantitative estimate of drug-likeness (QED) is 0.893. The number of benzene rings is 1. The molecule has 0 spiro atoms. The van der Waals surface area contributed by atoms with Crippen LogP contribution in [0.4, 0.5) is 0 Å². The predicted molar refractivity (Wildman–Crippen MR) is 75.8 cm³/mol. The molecule has 0 aliphatic carbocycles. The van der Waals surface area contributed by atoms with E-state index in [2.05, 4.69) is 0 Å². The lowest BCUT2D eigenvalue weighted by molar-refractivity contribution is -0.138. The van der Waals surface area contributed by atoms with E-state index in [4.69, 9.17) is 14.6 Å². The Balaban J connectivity index is 2.19. The molecule has 21 heavy (non-hydrogen) atoms. The van der Waals surface area contributed by atoms with Crippen molar-refractivity contribution in [3.63, 3.8) is 0 Å². The first-order valence-corrected chi connectivity index (χ1v) is 6.78. The van der Waals surface area contributed by atoms with Crippen LogP contribution < -0.4 is 9.47 Å².